The highest BCUT2D eigenvalue weighted by Gasteiger charge is 2.12. The average molecular weight is 481 g/mol. The predicted molar refractivity (Wildman–Crippen MR) is 136 cm³/mol. The van der Waals surface area contributed by atoms with E-state index >= 15 is 0 Å². The second kappa shape index (κ2) is 10.6. The number of rotatable bonds is 9. The molecule has 0 aliphatic rings. The van der Waals surface area contributed by atoms with Crippen molar-refractivity contribution in [2.75, 3.05) is 18.5 Å². The van der Waals surface area contributed by atoms with Gasteiger partial charge in [0.1, 0.15) is 11.5 Å². The van der Waals surface area contributed by atoms with Gasteiger partial charge in [0.2, 0.25) is 0 Å². The highest BCUT2D eigenvalue weighted by atomic mass is 16.5. The van der Waals surface area contributed by atoms with Gasteiger partial charge < -0.3 is 14.8 Å². The third-order valence-electron chi connectivity index (χ3n) is 5.29. The lowest BCUT2D eigenvalue weighted by molar-refractivity contribution is -0.118. The highest BCUT2D eigenvalue weighted by Crippen LogP contribution is 2.23. The van der Waals surface area contributed by atoms with E-state index in [2.05, 4.69) is 27.4 Å². The molecule has 0 saturated heterocycles. The van der Waals surface area contributed by atoms with Crippen molar-refractivity contribution in [3.8, 4) is 34.1 Å². The zero-order valence-electron chi connectivity index (χ0n) is 19.7. The maximum atomic E-state index is 12.5. The van der Waals surface area contributed by atoms with Gasteiger partial charge in [-0.1, -0.05) is 19.1 Å². The summed E-state index contributed by atoms with van der Waals surface area (Å²) in [5.41, 5.74) is 3.64. The van der Waals surface area contributed by atoms with Crippen molar-refractivity contribution >= 4 is 17.2 Å². The van der Waals surface area contributed by atoms with Crippen molar-refractivity contribution in [2.24, 2.45) is 0 Å². The summed E-state index contributed by atoms with van der Waals surface area (Å²) in [5, 5.41) is 16.0. The van der Waals surface area contributed by atoms with Gasteiger partial charge in [0, 0.05) is 29.2 Å². The molecule has 0 radical (unpaired) electrons. The van der Waals surface area contributed by atoms with Crippen LogP contribution in [0.25, 0.3) is 28.3 Å². The number of ether oxygens (including phenoxy) is 2. The van der Waals surface area contributed by atoms with Crippen LogP contribution < -0.4 is 14.8 Å². The van der Waals surface area contributed by atoms with Crippen LogP contribution in [0.2, 0.25) is 0 Å². The summed E-state index contributed by atoms with van der Waals surface area (Å²) in [4.78, 5) is 16.6. The first kappa shape index (κ1) is 23.0. The van der Waals surface area contributed by atoms with Crippen LogP contribution in [-0.4, -0.2) is 43.9 Å². The van der Waals surface area contributed by atoms with Gasteiger partial charge in [-0.25, -0.2) is 0 Å². The zero-order valence-corrected chi connectivity index (χ0v) is 19.7. The molecule has 0 bridgehead atoms. The standard InChI is InChI=1S/C27H24N6O3/c1-2-15-35-22-8-10-23(11-9-22)36-18-26(34)29-21-7-3-5-19(16-21)24-12-13-25-30-31-27(33(25)32-24)20-6-4-14-28-17-20/h3-14,16-17H,2,15,18H2,1H3,(H,29,34). The summed E-state index contributed by atoms with van der Waals surface area (Å²) in [7, 11) is 0. The van der Waals surface area contributed by atoms with Crippen molar-refractivity contribution < 1.29 is 14.3 Å². The van der Waals surface area contributed by atoms with Gasteiger partial charge in [-0.2, -0.15) is 9.61 Å². The maximum Gasteiger partial charge on any atom is 0.262 e. The van der Waals surface area contributed by atoms with Gasteiger partial charge in [0.05, 0.1) is 12.3 Å². The minimum absolute atomic E-state index is 0.112. The van der Waals surface area contributed by atoms with Crippen LogP contribution in [-0.2, 0) is 4.79 Å². The Labute approximate surface area is 207 Å². The SMILES string of the molecule is CCCOc1ccc(OCC(=O)Nc2cccc(-c3ccc4nnc(-c5cccnc5)n4n3)c2)cc1. The molecule has 180 valence electrons. The van der Waals surface area contributed by atoms with Crippen molar-refractivity contribution in [3.63, 3.8) is 0 Å². The third kappa shape index (κ3) is 5.30. The summed E-state index contributed by atoms with van der Waals surface area (Å²) >= 11 is 0. The van der Waals surface area contributed by atoms with Crippen molar-refractivity contribution in [2.45, 2.75) is 13.3 Å². The minimum atomic E-state index is -0.264. The quantitative estimate of drug-likeness (QED) is 0.327. The molecule has 0 atom stereocenters. The Hall–Kier alpha value is -4.79. The molecule has 0 unspecified atom stereocenters. The first-order valence-corrected chi connectivity index (χ1v) is 11.6. The van der Waals surface area contributed by atoms with E-state index in [0.29, 0.717) is 35.2 Å². The second-order valence-electron chi connectivity index (χ2n) is 7.99. The molecule has 0 aliphatic carbocycles. The molecule has 36 heavy (non-hydrogen) atoms. The van der Waals surface area contributed by atoms with Gasteiger partial charge in [-0.15, -0.1) is 10.2 Å². The number of nitrogens with zero attached hydrogens (tertiary/aromatic N) is 5. The Morgan fingerprint density at radius 3 is 2.50 bits per heavy atom. The van der Waals surface area contributed by atoms with Gasteiger partial charge >= 0.3 is 0 Å². The molecule has 0 spiro atoms. The average Bonchev–Trinajstić information content (AvgIpc) is 3.35. The largest absolute Gasteiger partial charge is 0.494 e. The fourth-order valence-corrected chi connectivity index (χ4v) is 3.57. The van der Waals surface area contributed by atoms with Crippen molar-refractivity contribution in [1.82, 2.24) is 24.8 Å². The van der Waals surface area contributed by atoms with E-state index in [1.165, 1.54) is 0 Å². The molecular weight excluding hydrogens is 456 g/mol. The Kier molecular flexibility index (Phi) is 6.79. The predicted octanol–water partition coefficient (Wildman–Crippen LogP) is 4.66. The lowest BCUT2D eigenvalue weighted by atomic mass is 10.1. The molecular formula is C27H24N6O3. The van der Waals surface area contributed by atoms with E-state index in [-0.39, 0.29) is 12.5 Å². The molecule has 3 heterocycles. The minimum Gasteiger partial charge on any atom is -0.494 e. The van der Waals surface area contributed by atoms with Crippen molar-refractivity contribution in [1.29, 1.82) is 0 Å². The van der Waals surface area contributed by atoms with E-state index in [4.69, 9.17) is 14.6 Å². The van der Waals surface area contributed by atoms with Gasteiger partial charge in [0.15, 0.2) is 18.1 Å². The summed E-state index contributed by atoms with van der Waals surface area (Å²) in [6.07, 6.45) is 4.37. The number of hydrogen-bond acceptors (Lipinski definition) is 7. The molecule has 0 saturated carbocycles. The van der Waals surface area contributed by atoms with E-state index in [0.717, 1.165) is 23.3 Å². The number of amides is 1. The number of carbonyl (C=O) groups excluding carboxylic acids is 1. The van der Waals surface area contributed by atoms with E-state index < -0.39 is 0 Å². The molecule has 1 N–H and O–H groups in total. The first-order valence-electron chi connectivity index (χ1n) is 11.6. The summed E-state index contributed by atoms with van der Waals surface area (Å²) in [5.74, 6) is 1.71. The van der Waals surface area contributed by atoms with Gasteiger partial charge in [0.25, 0.3) is 5.91 Å². The van der Waals surface area contributed by atoms with Crippen LogP contribution in [0.4, 0.5) is 5.69 Å². The van der Waals surface area contributed by atoms with E-state index in [9.17, 15) is 4.79 Å². The molecule has 5 rings (SSSR count). The number of anilines is 1. The van der Waals surface area contributed by atoms with Crippen LogP contribution >= 0.6 is 0 Å². The lowest BCUT2D eigenvalue weighted by Crippen LogP contribution is -2.20. The summed E-state index contributed by atoms with van der Waals surface area (Å²) in [6.45, 7) is 2.60. The first-order chi connectivity index (χ1) is 17.7. The van der Waals surface area contributed by atoms with E-state index in [1.807, 2.05) is 60.7 Å². The highest BCUT2D eigenvalue weighted by molar-refractivity contribution is 5.92. The van der Waals surface area contributed by atoms with Gasteiger partial charge in [-0.3, -0.25) is 9.78 Å². The molecule has 2 aromatic carbocycles. The number of fused-ring (bicyclic) bond motifs is 1. The number of pyridine rings is 1. The molecule has 3 aromatic heterocycles. The third-order valence-corrected chi connectivity index (χ3v) is 5.29. The Morgan fingerprint density at radius 1 is 0.917 bits per heavy atom. The molecule has 0 aliphatic heterocycles. The Bertz CT molecular complexity index is 1470. The fourth-order valence-electron chi connectivity index (χ4n) is 3.57. The number of benzene rings is 2. The molecule has 0 fully saturated rings. The Balaban J connectivity index is 1.26. The van der Waals surface area contributed by atoms with Crippen molar-refractivity contribution in [3.05, 3.63) is 85.2 Å². The molecule has 9 nitrogen and oxygen atoms in total. The monoisotopic (exact) mass is 480 g/mol. The fraction of sp³-hybridized carbons (Fsp3) is 0.148. The van der Waals surface area contributed by atoms with Crippen LogP contribution in [0.5, 0.6) is 11.5 Å². The van der Waals surface area contributed by atoms with Crippen LogP contribution in [0.15, 0.2) is 85.2 Å². The lowest BCUT2D eigenvalue weighted by Gasteiger charge is -2.10. The smallest absolute Gasteiger partial charge is 0.262 e. The van der Waals surface area contributed by atoms with Crippen LogP contribution in [0.3, 0.4) is 0 Å². The maximum absolute atomic E-state index is 12.5. The van der Waals surface area contributed by atoms with E-state index in [1.54, 1.807) is 29.0 Å². The number of aromatic nitrogens is 5. The second-order valence-corrected chi connectivity index (χ2v) is 7.99. The number of nitrogens with one attached hydrogen (secondary N) is 1. The van der Waals surface area contributed by atoms with Gasteiger partial charge in [-0.05, 0) is 67.1 Å². The van der Waals surface area contributed by atoms with Crippen LogP contribution in [0.1, 0.15) is 13.3 Å². The normalized spacial score (nSPS) is 10.8. The zero-order chi connectivity index (χ0) is 24.7. The number of carbonyl (C=O) groups is 1. The molecule has 5 aromatic rings. The Morgan fingerprint density at radius 2 is 1.72 bits per heavy atom. The molecule has 1 amide bonds. The topological polar surface area (TPSA) is 104 Å². The summed E-state index contributed by atoms with van der Waals surface area (Å²) < 4.78 is 12.9. The van der Waals surface area contributed by atoms with Crippen LogP contribution in [0, 0.1) is 0 Å². The molecule has 9 heteroatoms. The summed E-state index contributed by atoms with van der Waals surface area (Å²) in [6, 6.07) is 22.2. The number of hydrogen-bond donors (Lipinski definition) is 1.